The average molecular weight is 521 g/mol. The lowest BCUT2D eigenvalue weighted by Gasteiger charge is -2.12. The van der Waals surface area contributed by atoms with E-state index in [2.05, 4.69) is 19.5 Å². The minimum Gasteiger partial charge on any atom is -0.465 e. The van der Waals surface area contributed by atoms with Gasteiger partial charge in [0.1, 0.15) is 5.82 Å². The standard InChI is InChI=1S/C23H18ClFN2O7S/c1-33-22(29)14-8-15(23(30)34-2)11-17(10-14)27-35(31,32)18-6-7-20(19(25)12-18)26-21(28)13-4-3-5-16(24)9-13/h3-12,27H,1-2H3,(H,26,28). The van der Waals surface area contributed by atoms with E-state index in [1.54, 1.807) is 12.1 Å². The fraction of sp³-hybridized carbons (Fsp3) is 0.0870. The molecule has 0 fully saturated rings. The van der Waals surface area contributed by atoms with Crippen LogP contribution < -0.4 is 10.0 Å². The van der Waals surface area contributed by atoms with Gasteiger partial charge in [-0.25, -0.2) is 22.4 Å². The highest BCUT2D eigenvalue weighted by Gasteiger charge is 2.20. The quantitative estimate of drug-likeness (QED) is 0.449. The molecule has 0 atom stereocenters. The second kappa shape index (κ2) is 10.5. The molecule has 3 aromatic carbocycles. The van der Waals surface area contributed by atoms with Crippen LogP contribution in [0.15, 0.2) is 65.6 Å². The molecule has 0 spiro atoms. The molecule has 0 aliphatic heterocycles. The van der Waals surface area contributed by atoms with E-state index in [1.165, 1.54) is 18.2 Å². The van der Waals surface area contributed by atoms with Crippen molar-refractivity contribution in [1.29, 1.82) is 0 Å². The second-order valence-electron chi connectivity index (χ2n) is 6.99. The molecule has 0 saturated heterocycles. The van der Waals surface area contributed by atoms with E-state index in [-0.39, 0.29) is 28.1 Å². The van der Waals surface area contributed by atoms with Gasteiger partial charge in [-0.1, -0.05) is 17.7 Å². The molecule has 9 nitrogen and oxygen atoms in total. The van der Waals surface area contributed by atoms with E-state index >= 15 is 0 Å². The number of hydrogen-bond donors (Lipinski definition) is 2. The van der Waals surface area contributed by atoms with Gasteiger partial charge in [0.25, 0.3) is 15.9 Å². The molecule has 0 aromatic heterocycles. The summed E-state index contributed by atoms with van der Waals surface area (Å²) < 4.78 is 51.7. The zero-order valence-corrected chi connectivity index (χ0v) is 19.9. The number of carbonyl (C=O) groups is 3. The van der Waals surface area contributed by atoms with Gasteiger partial charge in [0.05, 0.1) is 41.6 Å². The van der Waals surface area contributed by atoms with Crippen LogP contribution >= 0.6 is 11.6 Å². The molecule has 0 aliphatic carbocycles. The average Bonchev–Trinajstić information content (AvgIpc) is 2.83. The summed E-state index contributed by atoms with van der Waals surface area (Å²) in [4.78, 5) is 35.7. The number of anilines is 2. The molecule has 0 saturated carbocycles. The van der Waals surface area contributed by atoms with Crippen molar-refractivity contribution in [2.24, 2.45) is 0 Å². The van der Waals surface area contributed by atoms with Crippen LogP contribution in [-0.2, 0) is 19.5 Å². The number of ether oxygens (including phenoxy) is 2. The van der Waals surface area contributed by atoms with Gasteiger partial charge in [-0.15, -0.1) is 0 Å². The van der Waals surface area contributed by atoms with Gasteiger partial charge in [-0.3, -0.25) is 9.52 Å². The number of rotatable bonds is 7. The minimum absolute atomic E-state index is 0.113. The number of halogens is 2. The van der Waals surface area contributed by atoms with Crippen molar-refractivity contribution >= 4 is 50.8 Å². The van der Waals surface area contributed by atoms with E-state index in [0.29, 0.717) is 11.1 Å². The Morgan fingerprint density at radius 2 is 1.49 bits per heavy atom. The summed E-state index contributed by atoms with van der Waals surface area (Å²) in [6.45, 7) is 0. The zero-order valence-electron chi connectivity index (χ0n) is 18.3. The molecular weight excluding hydrogens is 503 g/mol. The number of benzene rings is 3. The largest absolute Gasteiger partial charge is 0.465 e. The molecule has 2 N–H and O–H groups in total. The molecule has 0 heterocycles. The highest BCUT2D eigenvalue weighted by molar-refractivity contribution is 7.92. The smallest absolute Gasteiger partial charge is 0.337 e. The Bertz CT molecular complexity index is 1390. The first-order valence-corrected chi connectivity index (χ1v) is 11.6. The molecule has 0 radical (unpaired) electrons. The second-order valence-corrected chi connectivity index (χ2v) is 9.11. The van der Waals surface area contributed by atoms with Crippen molar-refractivity contribution in [2.75, 3.05) is 24.3 Å². The molecular formula is C23H18ClFN2O7S. The Morgan fingerprint density at radius 3 is 2.03 bits per heavy atom. The molecule has 0 aliphatic rings. The molecule has 182 valence electrons. The molecule has 3 aromatic rings. The third kappa shape index (κ3) is 6.14. The molecule has 0 unspecified atom stereocenters. The predicted octanol–water partition coefficient (Wildman–Crippen LogP) is 4.11. The van der Waals surface area contributed by atoms with Crippen molar-refractivity contribution in [1.82, 2.24) is 0 Å². The van der Waals surface area contributed by atoms with E-state index in [4.69, 9.17) is 11.6 Å². The topological polar surface area (TPSA) is 128 Å². The molecule has 1 amide bonds. The lowest BCUT2D eigenvalue weighted by Crippen LogP contribution is -2.16. The maximum absolute atomic E-state index is 14.7. The van der Waals surface area contributed by atoms with Crippen LogP contribution in [0.1, 0.15) is 31.1 Å². The van der Waals surface area contributed by atoms with Gasteiger partial charge in [0, 0.05) is 10.6 Å². The van der Waals surface area contributed by atoms with E-state index in [9.17, 15) is 27.2 Å². The number of methoxy groups -OCH3 is 2. The van der Waals surface area contributed by atoms with E-state index < -0.39 is 38.6 Å². The van der Waals surface area contributed by atoms with Crippen molar-refractivity contribution in [2.45, 2.75) is 4.90 Å². The van der Waals surface area contributed by atoms with Crippen LogP contribution in [0.25, 0.3) is 0 Å². The third-order valence-electron chi connectivity index (χ3n) is 4.61. The number of esters is 2. The maximum Gasteiger partial charge on any atom is 0.337 e. The zero-order chi connectivity index (χ0) is 25.8. The summed E-state index contributed by atoms with van der Waals surface area (Å²) in [5, 5.41) is 2.66. The highest BCUT2D eigenvalue weighted by atomic mass is 35.5. The Labute approximate surface area is 204 Å². The van der Waals surface area contributed by atoms with E-state index in [1.807, 2.05) is 0 Å². The Balaban J connectivity index is 1.87. The maximum atomic E-state index is 14.7. The molecule has 35 heavy (non-hydrogen) atoms. The fourth-order valence-corrected chi connectivity index (χ4v) is 4.20. The summed E-state index contributed by atoms with van der Waals surface area (Å²) in [5.41, 5.74) is -0.458. The first kappa shape index (κ1) is 25.7. The van der Waals surface area contributed by atoms with Gasteiger partial charge in [0.2, 0.25) is 0 Å². The van der Waals surface area contributed by atoms with Crippen LogP contribution in [0.4, 0.5) is 15.8 Å². The van der Waals surface area contributed by atoms with Crippen LogP contribution in [0.3, 0.4) is 0 Å². The van der Waals surface area contributed by atoms with Gasteiger partial charge in [-0.05, 0) is 54.6 Å². The van der Waals surface area contributed by atoms with Crippen molar-refractivity contribution in [3.05, 3.63) is 88.2 Å². The number of hydrogen-bond acceptors (Lipinski definition) is 7. The van der Waals surface area contributed by atoms with Crippen LogP contribution in [0.5, 0.6) is 0 Å². The predicted molar refractivity (Wildman–Crippen MR) is 126 cm³/mol. The minimum atomic E-state index is -4.36. The van der Waals surface area contributed by atoms with Gasteiger partial charge in [0.15, 0.2) is 0 Å². The number of carbonyl (C=O) groups excluding carboxylic acids is 3. The van der Waals surface area contributed by atoms with Crippen molar-refractivity contribution < 1.29 is 36.7 Å². The van der Waals surface area contributed by atoms with Gasteiger partial charge < -0.3 is 14.8 Å². The number of amides is 1. The van der Waals surface area contributed by atoms with Crippen LogP contribution in [-0.4, -0.2) is 40.5 Å². The number of nitrogens with one attached hydrogen (secondary N) is 2. The van der Waals surface area contributed by atoms with E-state index in [0.717, 1.165) is 38.5 Å². The fourth-order valence-electron chi connectivity index (χ4n) is 2.96. The normalized spacial score (nSPS) is 10.9. The van der Waals surface area contributed by atoms with Crippen LogP contribution in [0, 0.1) is 5.82 Å². The molecule has 12 heteroatoms. The first-order valence-electron chi connectivity index (χ1n) is 9.75. The summed E-state index contributed by atoms with van der Waals surface area (Å²) in [7, 11) is -2.13. The summed E-state index contributed by atoms with van der Waals surface area (Å²) >= 11 is 5.85. The highest BCUT2D eigenvalue weighted by Crippen LogP contribution is 2.24. The third-order valence-corrected chi connectivity index (χ3v) is 6.23. The Morgan fingerprint density at radius 1 is 0.857 bits per heavy atom. The molecule has 0 bridgehead atoms. The monoisotopic (exact) mass is 520 g/mol. The Hall–Kier alpha value is -3.96. The van der Waals surface area contributed by atoms with Gasteiger partial charge >= 0.3 is 11.9 Å². The SMILES string of the molecule is COC(=O)c1cc(NS(=O)(=O)c2ccc(NC(=O)c3cccc(Cl)c3)c(F)c2)cc(C(=O)OC)c1. The first-order chi connectivity index (χ1) is 16.5. The summed E-state index contributed by atoms with van der Waals surface area (Å²) in [6.07, 6.45) is 0. The summed E-state index contributed by atoms with van der Waals surface area (Å²) in [5.74, 6) is -3.29. The van der Waals surface area contributed by atoms with Gasteiger partial charge in [-0.2, -0.15) is 0 Å². The van der Waals surface area contributed by atoms with Crippen molar-refractivity contribution in [3.63, 3.8) is 0 Å². The van der Waals surface area contributed by atoms with Crippen molar-refractivity contribution in [3.8, 4) is 0 Å². The Kier molecular flexibility index (Phi) is 7.72. The summed E-state index contributed by atoms with van der Waals surface area (Å²) in [6, 6.07) is 12.3. The lowest BCUT2D eigenvalue weighted by molar-refractivity contribution is 0.0599. The lowest BCUT2D eigenvalue weighted by atomic mass is 10.1. The molecule has 3 rings (SSSR count). The number of sulfonamides is 1. The van der Waals surface area contributed by atoms with Crippen LogP contribution in [0.2, 0.25) is 5.02 Å².